The second-order valence-electron chi connectivity index (χ2n) is 14.8. The summed E-state index contributed by atoms with van der Waals surface area (Å²) >= 11 is 0. The van der Waals surface area contributed by atoms with Crippen molar-refractivity contribution in [2.45, 2.75) is 118 Å². The van der Waals surface area contributed by atoms with Crippen molar-refractivity contribution in [1.29, 1.82) is 0 Å². The van der Waals surface area contributed by atoms with Crippen LogP contribution in [-0.2, 0) is 9.53 Å². The number of hydrogen-bond acceptors (Lipinski definition) is 2. The summed E-state index contributed by atoms with van der Waals surface area (Å²) < 4.78 is 5.99. The van der Waals surface area contributed by atoms with Gasteiger partial charge in [-0.25, -0.2) is 4.79 Å². The van der Waals surface area contributed by atoms with E-state index in [2.05, 4.69) is 34.6 Å². The topological polar surface area (TPSA) is 26.3 Å². The van der Waals surface area contributed by atoms with E-state index in [1.54, 1.807) is 6.08 Å². The first-order valence-corrected chi connectivity index (χ1v) is 16.1. The van der Waals surface area contributed by atoms with Crippen molar-refractivity contribution in [3.63, 3.8) is 0 Å². The number of ether oxygens (including phenoxy) is 1. The fraction of sp³-hybridized carbons (Fsp3) is 0.750. The molecule has 0 radical (unpaired) electrons. The molecular weight excluding hydrogens is 464 g/mol. The van der Waals surface area contributed by atoms with Crippen LogP contribution in [0.4, 0.5) is 0 Å². The molecular formula is C36H54O2. The lowest BCUT2D eigenvalue weighted by Gasteiger charge is -2.61. The number of rotatable bonds is 8. The molecule has 5 rings (SSSR count). The molecule has 9 atom stereocenters. The Bertz CT molecular complexity index is 965. The molecule has 0 heterocycles. The van der Waals surface area contributed by atoms with Crippen LogP contribution in [0.1, 0.15) is 117 Å². The van der Waals surface area contributed by atoms with Gasteiger partial charge in [-0.3, -0.25) is 0 Å². The number of esters is 1. The molecule has 1 aromatic carbocycles. The van der Waals surface area contributed by atoms with Crippen LogP contribution >= 0.6 is 0 Å². The highest BCUT2D eigenvalue weighted by atomic mass is 16.5. The van der Waals surface area contributed by atoms with Crippen LogP contribution in [0, 0.1) is 52.3 Å². The summed E-state index contributed by atoms with van der Waals surface area (Å²) in [5.41, 5.74) is 2.05. The third-order valence-electron chi connectivity index (χ3n) is 12.3. The standard InChI is InChI=1S/C36H54O2/c1-25(2)10-9-11-26(3)31-17-18-32-30-16-15-28-24-29(38-34(37)19-14-27-12-7-6-8-13-27)20-22-35(28,4)33(30)21-23-36(31,32)5/h6-8,12-14,19,25-26,28-33H,9-11,15-18,20-24H2,1-5H3/b19-14+/t26-,28+,29+,30+,31-,32+,33+,35+,36-/m1/s1. The van der Waals surface area contributed by atoms with Crippen LogP contribution in [0.3, 0.4) is 0 Å². The summed E-state index contributed by atoms with van der Waals surface area (Å²) in [4.78, 5) is 12.6. The van der Waals surface area contributed by atoms with E-state index in [1.165, 1.54) is 64.2 Å². The fourth-order valence-electron chi connectivity index (χ4n) is 10.3. The van der Waals surface area contributed by atoms with Gasteiger partial charge in [0, 0.05) is 6.08 Å². The Morgan fingerprint density at radius 3 is 2.42 bits per heavy atom. The zero-order valence-electron chi connectivity index (χ0n) is 25.0. The van der Waals surface area contributed by atoms with Gasteiger partial charge in [0.05, 0.1) is 0 Å². The van der Waals surface area contributed by atoms with E-state index in [0.29, 0.717) is 16.7 Å². The Kier molecular flexibility index (Phi) is 8.47. The molecule has 2 nitrogen and oxygen atoms in total. The zero-order chi connectivity index (χ0) is 26.9. The lowest BCUT2D eigenvalue weighted by molar-refractivity contribution is -0.157. The summed E-state index contributed by atoms with van der Waals surface area (Å²) in [5, 5.41) is 0. The van der Waals surface area contributed by atoms with Gasteiger partial charge in [-0.2, -0.15) is 0 Å². The maximum atomic E-state index is 12.6. The number of benzene rings is 1. The van der Waals surface area contributed by atoms with Crippen molar-refractivity contribution in [3.05, 3.63) is 42.0 Å². The van der Waals surface area contributed by atoms with Gasteiger partial charge in [-0.05, 0) is 122 Å². The van der Waals surface area contributed by atoms with Gasteiger partial charge in [0.15, 0.2) is 0 Å². The van der Waals surface area contributed by atoms with E-state index in [0.717, 1.165) is 53.9 Å². The molecule has 0 spiro atoms. The first-order chi connectivity index (χ1) is 18.2. The highest BCUT2D eigenvalue weighted by molar-refractivity contribution is 5.87. The Morgan fingerprint density at radius 2 is 1.66 bits per heavy atom. The second kappa shape index (κ2) is 11.5. The van der Waals surface area contributed by atoms with Gasteiger partial charge in [-0.15, -0.1) is 0 Å². The SMILES string of the molecule is CC(C)CCC[C@@H](C)[C@H]1CC[C@H]2[C@@H]3CC[C@H]4C[C@@H](OC(=O)/C=C/c5ccccc5)CC[C@]4(C)[C@H]3CC[C@]12C. The summed E-state index contributed by atoms with van der Waals surface area (Å²) in [6.07, 6.45) is 19.7. The van der Waals surface area contributed by atoms with Crippen molar-refractivity contribution in [3.8, 4) is 0 Å². The van der Waals surface area contributed by atoms with Gasteiger partial charge in [0.2, 0.25) is 0 Å². The largest absolute Gasteiger partial charge is 0.459 e. The van der Waals surface area contributed by atoms with E-state index in [1.807, 2.05) is 36.4 Å². The molecule has 1 aromatic rings. The first kappa shape index (κ1) is 28.0. The molecule has 38 heavy (non-hydrogen) atoms. The van der Waals surface area contributed by atoms with Crippen LogP contribution in [0.2, 0.25) is 0 Å². The predicted molar refractivity (Wildman–Crippen MR) is 158 cm³/mol. The van der Waals surface area contributed by atoms with E-state index < -0.39 is 0 Å². The van der Waals surface area contributed by atoms with Gasteiger partial charge in [-0.1, -0.05) is 84.2 Å². The van der Waals surface area contributed by atoms with Gasteiger partial charge in [0.1, 0.15) is 6.10 Å². The summed E-state index contributed by atoms with van der Waals surface area (Å²) in [6.45, 7) is 12.7. The third-order valence-corrected chi connectivity index (χ3v) is 12.3. The molecule has 4 aliphatic rings. The maximum absolute atomic E-state index is 12.6. The Hall–Kier alpha value is -1.57. The van der Waals surface area contributed by atoms with Crippen LogP contribution in [0.5, 0.6) is 0 Å². The molecule has 0 bridgehead atoms. The molecule has 4 saturated carbocycles. The number of hydrogen-bond donors (Lipinski definition) is 0. The second-order valence-corrected chi connectivity index (χ2v) is 14.8. The molecule has 210 valence electrons. The Morgan fingerprint density at radius 1 is 0.921 bits per heavy atom. The minimum absolute atomic E-state index is 0.0916. The minimum atomic E-state index is -0.177. The molecule has 0 aromatic heterocycles. The van der Waals surface area contributed by atoms with Crippen molar-refractivity contribution in [1.82, 2.24) is 0 Å². The van der Waals surface area contributed by atoms with Crippen LogP contribution in [-0.4, -0.2) is 12.1 Å². The Balaban J connectivity index is 1.19. The predicted octanol–water partition coefficient (Wildman–Crippen LogP) is 9.73. The van der Waals surface area contributed by atoms with E-state index in [-0.39, 0.29) is 12.1 Å². The van der Waals surface area contributed by atoms with Crippen molar-refractivity contribution in [2.24, 2.45) is 52.3 Å². The summed E-state index contributed by atoms with van der Waals surface area (Å²) in [7, 11) is 0. The van der Waals surface area contributed by atoms with Crippen molar-refractivity contribution >= 4 is 12.0 Å². The van der Waals surface area contributed by atoms with E-state index in [4.69, 9.17) is 4.74 Å². The summed E-state index contributed by atoms with van der Waals surface area (Å²) in [6, 6.07) is 10.0. The number of carbonyl (C=O) groups excluding carboxylic acids is 1. The molecule has 0 N–H and O–H groups in total. The molecule has 4 aliphatic carbocycles. The third kappa shape index (κ3) is 5.53. The van der Waals surface area contributed by atoms with Gasteiger partial charge >= 0.3 is 5.97 Å². The quantitative estimate of drug-likeness (QED) is 0.253. The molecule has 0 unspecified atom stereocenters. The average Bonchev–Trinajstić information content (AvgIpc) is 3.25. The lowest BCUT2D eigenvalue weighted by Crippen LogP contribution is -2.54. The fourth-order valence-corrected chi connectivity index (χ4v) is 10.3. The normalized spacial score (nSPS) is 39.4. The number of fused-ring (bicyclic) bond motifs is 5. The first-order valence-electron chi connectivity index (χ1n) is 16.1. The maximum Gasteiger partial charge on any atom is 0.331 e. The molecule has 0 amide bonds. The Labute approximate surface area is 233 Å². The van der Waals surface area contributed by atoms with Crippen molar-refractivity contribution < 1.29 is 9.53 Å². The lowest BCUT2D eigenvalue weighted by atomic mass is 9.44. The van der Waals surface area contributed by atoms with Crippen molar-refractivity contribution in [2.75, 3.05) is 0 Å². The minimum Gasteiger partial charge on any atom is -0.459 e. The molecule has 0 saturated heterocycles. The van der Waals surface area contributed by atoms with Crippen LogP contribution < -0.4 is 0 Å². The molecule has 2 heteroatoms. The van der Waals surface area contributed by atoms with E-state index >= 15 is 0 Å². The highest BCUT2D eigenvalue weighted by Gasteiger charge is 2.60. The average molecular weight is 519 g/mol. The highest BCUT2D eigenvalue weighted by Crippen LogP contribution is 2.68. The molecule has 0 aliphatic heterocycles. The zero-order valence-corrected chi connectivity index (χ0v) is 25.0. The van der Waals surface area contributed by atoms with Gasteiger partial charge in [0.25, 0.3) is 0 Å². The van der Waals surface area contributed by atoms with Gasteiger partial charge < -0.3 is 4.74 Å². The van der Waals surface area contributed by atoms with Crippen LogP contribution in [0.15, 0.2) is 36.4 Å². The monoisotopic (exact) mass is 518 g/mol. The van der Waals surface area contributed by atoms with Crippen LogP contribution in [0.25, 0.3) is 6.08 Å². The van der Waals surface area contributed by atoms with E-state index in [9.17, 15) is 4.79 Å². The smallest absolute Gasteiger partial charge is 0.331 e. The summed E-state index contributed by atoms with van der Waals surface area (Å²) in [5.74, 6) is 5.94. The molecule has 4 fully saturated rings. The number of carbonyl (C=O) groups is 1.